The average molecular weight is 424 g/mol. The Hall–Kier alpha value is -3.46. The van der Waals surface area contributed by atoms with Crippen LogP contribution in [0.1, 0.15) is 23.5 Å². The zero-order valence-electron chi connectivity index (χ0n) is 15.6. The highest BCUT2D eigenvalue weighted by Gasteiger charge is 2.34. The van der Waals surface area contributed by atoms with E-state index in [0.29, 0.717) is 16.6 Å². The Morgan fingerprint density at radius 1 is 1.13 bits per heavy atom. The number of anilines is 2. The molecular formula is C21H17FN4O3S. The number of fused-ring (bicyclic) bond motifs is 1. The van der Waals surface area contributed by atoms with Crippen LogP contribution < -0.4 is 16.2 Å². The summed E-state index contributed by atoms with van der Waals surface area (Å²) < 4.78 is 13.0. The Kier molecular flexibility index (Phi) is 5.62. The fourth-order valence-electron chi connectivity index (χ4n) is 3.13. The van der Waals surface area contributed by atoms with Gasteiger partial charge in [0.25, 0.3) is 5.56 Å². The monoisotopic (exact) mass is 424 g/mol. The van der Waals surface area contributed by atoms with E-state index < -0.39 is 17.4 Å². The van der Waals surface area contributed by atoms with Crippen molar-refractivity contribution < 1.29 is 14.0 Å². The molecule has 0 aliphatic carbocycles. The van der Waals surface area contributed by atoms with Gasteiger partial charge in [0.15, 0.2) is 5.16 Å². The molecule has 4 rings (SSSR count). The molecule has 9 heteroatoms. The van der Waals surface area contributed by atoms with Crippen LogP contribution in [0.2, 0.25) is 0 Å². The van der Waals surface area contributed by atoms with Gasteiger partial charge in [-0.2, -0.15) is 0 Å². The fourth-order valence-corrected chi connectivity index (χ4v) is 3.94. The maximum Gasteiger partial charge on any atom is 0.257 e. The van der Waals surface area contributed by atoms with Crippen LogP contribution in [0.15, 0.2) is 64.5 Å². The SMILES string of the molecule is O=C1C[C@@H](C(=O)Nc2ccccc2)c2c(nc(SCc3ccc(F)cc3)[nH]c2=O)N1. The number of amides is 2. The number of aromatic nitrogens is 2. The lowest BCUT2D eigenvalue weighted by Crippen LogP contribution is -2.36. The van der Waals surface area contributed by atoms with Crippen LogP contribution in [0.4, 0.5) is 15.9 Å². The van der Waals surface area contributed by atoms with Gasteiger partial charge in [-0.1, -0.05) is 42.1 Å². The Morgan fingerprint density at radius 3 is 2.60 bits per heavy atom. The molecule has 2 aromatic carbocycles. The Labute approximate surface area is 175 Å². The molecular weight excluding hydrogens is 407 g/mol. The van der Waals surface area contributed by atoms with Crippen LogP contribution in [0.3, 0.4) is 0 Å². The quantitative estimate of drug-likeness (QED) is 0.431. The van der Waals surface area contributed by atoms with Gasteiger partial charge in [-0.05, 0) is 29.8 Å². The first-order valence-electron chi connectivity index (χ1n) is 9.17. The maximum absolute atomic E-state index is 13.0. The summed E-state index contributed by atoms with van der Waals surface area (Å²) in [4.78, 5) is 44.6. The second-order valence-electron chi connectivity index (χ2n) is 6.71. The van der Waals surface area contributed by atoms with E-state index in [1.165, 1.54) is 23.9 Å². The van der Waals surface area contributed by atoms with Gasteiger partial charge in [-0.3, -0.25) is 14.4 Å². The maximum atomic E-state index is 13.0. The molecule has 1 aliphatic heterocycles. The molecule has 0 radical (unpaired) electrons. The standard InChI is InChI=1S/C21H17FN4O3S/c22-13-8-6-12(7-9-13)11-30-21-25-18-17(20(29)26-21)15(10-16(27)24-18)19(28)23-14-4-2-1-3-5-14/h1-9,15H,10-11H2,(H,23,28)(H2,24,25,26,27,29)/t15-/m1/s1. The smallest absolute Gasteiger partial charge is 0.257 e. The molecule has 0 unspecified atom stereocenters. The van der Waals surface area contributed by atoms with Crippen LogP contribution in [0.5, 0.6) is 0 Å². The second kappa shape index (κ2) is 8.50. The number of thioether (sulfide) groups is 1. The van der Waals surface area contributed by atoms with Gasteiger partial charge >= 0.3 is 0 Å². The van der Waals surface area contributed by atoms with Crippen molar-refractivity contribution in [2.24, 2.45) is 0 Å². The number of carbonyl (C=O) groups excluding carboxylic acids is 2. The first-order valence-corrected chi connectivity index (χ1v) is 10.2. The van der Waals surface area contributed by atoms with Gasteiger partial charge in [-0.15, -0.1) is 0 Å². The highest BCUT2D eigenvalue weighted by molar-refractivity contribution is 7.98. The van der Waals surface area contributed by atoms with Gasteiger partial charge in [0, 0.05) is 17.9 Å². The minimum atomic E-state index is -0.943. The fraction of sp³-hybridized carbons (Fsp3) is 0.143. The first-order chi connectivity index (χ1) is 14.5. The number of rotatable bonds is 5. The number of hydrogen-bond acceptors (Lipinski definition) is 5. The molecule has 0 fully saturated rings. The largest absolute Gasteiger partial charge is 0.326 e. The van der Waals surface area contributed by atoms with Crippen molar-refractivity contribution in [2.45, 2.75) is 23.2 Å². The minimum absolute atomic E-state index is 0.0878. The molecule has 2 amide bonds. The minimum Gasteiger partial charge on any atom is -0.326 e. The van der Waals surface area contributed by atoms with Crippen LogP contribution >= 0.6 is 11.8 Å². The predicted molar refractivity (Wildman–Crippen MR) is 112 cm³/mol. The van der Waals surface area contributed by atoms with E-state index in [-0.39, 0.29) is 29.5 Å². The summed E-state index contributed by atoms with van der Waals surface area (Å²) in [5.74, 6) is -1.56. The third-order valence-corrected chi connectivity index (χ3v) is 5.52. The number of H-pyrrole nitrogens is 1. The molecule has 1 atom stereocenters. The summed E-state index contributed by atoms with van der Waals surface area (Å²) in [6, 6.07) is 14.8. The van der Waals surface area contributed by atoms with Crippen LogP contribution in [-0.2, 0) is 15.3 Å². The van der Waals surface area contributed by atoms with E-state index in [2.05, 4.69) is 20.6 Å². The van der Waals surface area contributed by atoms with Crippen LogP contribution in [0, 0.1) is 5.82 Å². The number of hydrogen-bond donors (Lipinski definition) is 3. The zero-order valence-corrected chi connectivity index (χ0v) is 16.5. The van der Waals surface area contributed by atoms with E-state index in [9.17, 15) is 18.8 Å². The number of carbonyl (C=O) groups is 2. The Balaban J connectivity index is 1.57. The zero-order chi connectivity index (χ0) is 21.1. The van der Waals surface area contributed by atoms with Gasteiger partial charge in [0.1, 0.15) is 11.6 Å². The van der Waals surface area contributed by atoms with Crippen molar-refractivity contribution in [3.8, 4) is 0 Å². The molecule has 0 bridgehead atoms. The van der Waals surface area contributed by atoms with Crippen molar-refractivity contribution in [1.82, 2.24) is 9.97 Å². The van der Waals surface area contributed by atoms with Crippen molar-refractivity contribution >= 4 is 35.1 Å². The summed E-state index contributed by atoms with van der Waals surface area (Å²) in [6.07, 6.45) is -0.140. The summed E-state index contributed by atoms with van der Waals surface area (Å²) >= 11 is 1.24. The summed E-state index contributed by atoms with van der Waals surface area (Å²) in [6.45, 7) is 0. The van der Waals surface area contributed by atoms with Gasteiger partial charge in [0.2, 0.25) is 11.8 Å². The molecule has 2 heterocycles. The molecule has 1 aromatic heterocycles. The van der Waals surface area contributed by atoms with Crippen molar-refractivity contribution in [3.63, 3.8) is 0 Å². The highest BCUT2D eigenvalue weighted by Crippen LogP contribution is 2.31. The molecule has 3 aromatic rings. The lowest BCUT2D eigenvalue weighted by atomic mass is 9.92. The third kappa shape index (κ3) is 4.41. The van der Waals surface area contributed by atoms with Crippen molar-refractivity contribution in [1.29, 1.82) is 0 Å². The summed E-state index contributed by atoms with van der Waals surface area (Å²) in [5, 5.41) is 5.61. The molecule has 152 valence electrons. The topological polar surface area (TPSA) is 104 Å². The Morgan fingerprint density at radius 2 is 1.87 bits per heavy atom. The van der Waals surface area contributed by atoms with E-state index in [1.54, 1.807) is 36.4 Å². The molecule has 30 heavy (non-hydrogen) atoms. The molecule has 0 saturated carbocycles. The first kappa shape index (κ1) is 19.8. The van der Waals surface area contributed by atoms with Crippen molar-refractivity contribution in [3.05, 3.63) is 81.9 Å². The molecule has 0 saturated heterocycles. The number of halogens is 1. The van der Waals surface area contributed by atoms with Crippen LogP contribution in [-0.4, -0.2) is 21.8 Å². The van der Waals surface area contributed by atoms with E-state index in [4.69, 9.17) is 0 Å². The predicted octanol–water partition coefficient (Wildman–Crippen LogP) is 3.27. The number of nitrogens with one attached hydrogen (secondary N) is 3. The van der Waals surface area contributed by atoms with Crippen molar-refractivity contribution in [2.75, 3.05) is 10.6 Å². The molecule has 0 spiro atoms. The van der Waals surface area contributed by atoms with Gasteiger partial charge in [0.05, 0.1) is 11.5 Å². The number of benzene rings is 2. The lowest BCUT2D eigenvalue weighted by molar-refractivity contribution is -0.123. The van der Waals surface area contributed by atoms with Gasteiger partial charge < -0.3 is 15.6 Å². The highest BCUT2D eigenvalue weighted by atomic mass is 32.2. The van der Waals surface area contributed by atoms with E-state index in [1.807, 2.05) is 6.07 Å². The molecule has 1 aliphatic rings. The number of para-hydroxylation sites is 1. The lowest BCUT2D eigenvalue weighted by Gasteiger charge is -2.23. The number of nitrogens with zero attached hydrogens (tertiary/aromatic N) is 1. The van der Waals surface area contributed by atoms with E-state index in [0.717, 1.165) is 5.56 Å². The van der Waals surface area contributed by atoms with Gasteiger partial charge in [-0.25, -0.2) is 9.37 Å². The normalized spacial score (nSPS) is 15.2. The molecule has 3 N–H and O–H groups in total. The summed E-state index contributed by atoms with van der Waals surface area (Å²) in [7, 11) is 0. The average Bonchev–Trinajstić information content (AvgIpc) is 2.73. The third-order valence-electron chi connectivity index (χ3n) is 4.58. The number of aromatic amines is 1. The molecule has 7 nitrogen and oxygen atoms in total. The second-order valence-corrected chi connectivity index (χ2v) is 7.67. The summed E-state index contributed by atoms with van der Waals surface area (Å²) in [5.41, 5.74) is 1.08. The van der Waals surface area contributed by atoms with E-state index >= 15 is 0 Å². The Bertz CT molecular complexity index is 1150. The van der Waals surface area contributed by atoms with Crippen LogP contribution in [0.25, 0.3) is 0 Å².